The molecule has 1 aromatic carbocycles. The van der Waals surface area contributed by atoms with Crippen molar-refractivity contribution in [3.05, 3.63) is 42.2 Å². The molecule has 1 unspecified atom stereocenters. The number of benzene rings is 1. The van der Waals surface area contributed by atoms with Gasteiger partial charge >= 0.3 is 0 Å². The van der Waals surface area contributed by atoms with Crippen molar-refractivity contribution in [3.8, 4) is 0 Å². The normalized spacial score (nSPS) is 16.1. The third-order valence-corrected chi connectivity index (χ3v) is 6.73. The Hall–Kier alpha value is -3.44. The molecule has 1 saturated heterocycles. The molecule has 0 aromatic heterocycles. The molecular formula is C31H45N3O12. The van der Waals surface area contributed by atoms with Gasteiger partial charge in [-0.1, -0.05) is 12.6 Å². The maximum atomic E-state index is 13.1. The summed E-state index contributed by atoms with van der Waals surface area (Å²) in [5.41, 5.74) is 0.914. The molecule has 0 saturated carbocycles. The number of nitrogens with zero attached hydrogens (tertiary/aromatic N) is 1. The highest BCUT2D eigenvalue weighted by Crippen LogP contribution is 2.32. The van der Waals surface area contributed by atoms with E-state index in [1.807, 2.05) is 0 Å². The van der Waals surface area contributed by atoms with Gasteiger partial charge in [-0.2, -0.15) is 0 Å². The predicted octanol–water partition coefficient (Wildman–Crippen LogP) is 0.776. The SMILES string of the molecule is C=COCCOCCOCCOCCOCCOCCOCCOCCNc1cccc2c1C(=O)N(C1CCC(=O)NC1=O)C2=O. The zero-order chi connectivity index (χ0) is 32.8. The second-order valence-corrected chi connectivity index (χ2v) is 9.93. The van der Waals surface area contributed by atoms with E-state index in [1.54, 1.807) is 18.2 Å². The zero-order valence-electron chi connectivity index (χ0n) is 26.2. The van der Waals surface area contributed by atoms with Gasteiger partial charge in [-0.05, 0) is 18.6 Å². The molecule has 0 radical (unpaired) electrons. The number of carbonyl (C=O) groups excluding carboxylic acids is 4. The molecule has 1 fully saturated rings. The van der Waals surface area contributed by atoms with Crippen LogP contribution in [0.1, 0.15) is 33.6 Å². The lowest BCUT2D eigenvalue weighted by Gasteiger charge is -2.27. The summed E-state index contributed by atoms with van der Waals surface area (Å²) < 4.78 is 43.1. The Morgan fingerprint density at radius 2 is 1.22 bits per heavy atom. The summed E-state index contributed by atoms with van der Waals surface area (Å²) in [5, 5.41) is 5.32. The van der Waals surface area contributed by atoms with E-state index in [-0.39, 0.29) is 24.0 Å². The highest BCUT2D eigenvalue weighted by atomic mass is 16.6. The van der Waals surface area contributed by atoms with Crippen molar-refractivity contribution in [1.29, 1.82) is 0 Å². The molecule has 2 aliphatic rings. The summed E-state index contributed by atoms with van der Waals surface area (Å²) in [4.78, 5) is 50.7. The van der Waals surface area contributed by atoms with Gasteiger partial charge in [0.25, 0.3) is 11.8 Å². The largest absolute Gasteiger partial charge is 0.499 e. The van der Waals surface area contributed by atoms with Gasteiger partial charge in [0.15, 0.2) is 0 Å². The van der Waals surface area contributed by atoms with Crippen molar-refractivity contribution in [2.45, 2.75) is 18.9 Å². The quantitative estimate of drug-likeness (QED) is 0.0778. The number of piperidine rings is 1. The molecule has 15 heteroatoms. The van der Waals surface area contributed by atoms with Gasteiger partial charge in [-0.3, -0.25) is 29.4 Å². The number of nitrogens with one attached hydrogen (secondary N) is 2. The van der Waals surface area contributed by atoms with Crippen LogP contribution in [0.5, 0.6) is 0 Å². The lowest BCUT2D eigenvalue weighted by Crippen LogP contribution is -2.54. The second kappa shape index (κ2) is 22.1. The van der Waals surface area contributed by atoms with Crippen LogP contribution in [0.25, 0.3) is 0 Å². The Morgan fingerprint density at radius 3 is 1.72 bits per heavy atom. The zero-order valence-corrected chi connectivity index (χ0v) is 26.2. The summed E-state index contributed by atoms with van der Waals surface area (Å²) in [6, 6.07) is 3.91. The number of imide groups is 2. The van der Waals surface area contributed by atoms with E-state index in [4.69, 9.17) is 37.9 Å². The van der Waals surface area contributed by atoms with E-state index in [0.29, 0.717) is 111 Å². The first-order valence-electron chi connectivity index (χ1n) is 15.4. The Bertz CT molecular complexity index is 1120. The van der Waals surface area contributed by atoms with Crippen molar-refractivity contribution in [2.24, 2.45) is 0 Å². The molecule has 1 aromatic rings. The minimum Gasteiger partial charge on any atom is -0.499 e. The lowest BCUT2D eigenvalue weighted by atomic mass is 10.0. The van der Waals surface area contributed by atoms with Crippen molar-refractivity contribution < 1.29 is 57.1 Å². The van der Waals surface area contributed by atoms with Crippen LogP contribution >= 0.6 is 0 Å². The molecule has 2 aliphatic heterocycles. The smallest absolute Gasteiger partial charge is 0.264 e. The Kier molecular flexibility index (Phi) is 17.8. The van der Waals surface area contributed by atoms with Gasteiger partial charge in [0.2, 0.25) is 11.8 Å². The molecule has 2 N–H and O–H groups in total. The molecule has 46 heavy (non-hydrogen) atoms. The first-order valence-corrected chi connectivity index (χ1v) is 15.4. The third kappa shape index (κ3) is 12.7. The summed E-state index contributed by atoms with van der Waals surface area (Å²) >= 11 is 0. The van der Waals surface area contributed by atoms with E-state index in [2.05, 4.69) is 17.2 Å². The van der Waals surface area contributed by atoms with Crippen molar-refractivity contribution in [2.75, 3.05) is 111 Å². The van der Waals surface area contributed by atoms with Gasteiger partial charge < -0.3 is 43.2 Å². The van der Waals surface area contributed by atoms with Crippen LogP contribution in [0.2, 0.25) is 0 Å². The second-order valence-electron chi connectivity index (χ2n) is 9.93. The molecule has 4 amide bonds. The average Bonchev–Trinajstić information content (AvgIpc) is 3.30. The van der Waals surface area contributed by atoms with Gasteiger partial charge in [-0.25, -0.2) is 0 Å². The fourth-order valence-electron chi connectivity index (χ4n) is 4.53. The third-order valence-electron chi connectivity index (χ3n) is 6.73. The van der Waals surface area contributed by atoms with E-state index < -0.39 is 29.7 Å². The molecule has 1 atom stereocenters. The first kappa shape index (κ1) is 37.0. The van der Waals surface area contributed by atoms with Crippen LogP contribution in [0.4, 0.5) is 5.69 Å². The first-order chi connectivity index (χ1) is 22.5. The molecule has 256 valence electrons. The number of carbonyl (C=O) groups is 4. The van der Waals surface area contributed by atoms with Crippen LogP contribution < -0.4 is 10.6 Å². The number of hydrogen-bond donors (Lipinski definition) is 2. The van der Waals surface area contributed by atoms with Crippen LogP contribution in [0.15, 0.2) is 31.0 Å². The van der Waals surface area contributed by atoms with Crippen molar-refractivity contribution >= 4 is 29.3 Å². The number of amides is 4. The molecule has 3 rings (SSSR count). The van der Waals surface area contributed by atoms with E-state index >= 15 is 0 Å². The summed E-state index contributed by atoms with van der Waals surface area (Å²) in [5.74, 6) is -2.16. The highest BCUT2D eigenvalue weighted by molar-refractivity contribution is 6.25. The standard InChI is InChI=1S/C31H45N3O12/c1-2-39-10-11-41-14-15-43-18-19-45-22-23-46-21-20-44-17-16-42-13-12-40-9-8-32-25-5-3-4-24-28(25)31(38)34(30(24)37)26-6-7-27(35)33-29(26)36/h2-5,26,32H,1,6-23H2,(H,33,35,36). The molecule has 2 heterocycles. The average molecular weight is 652 g/mol. The van der Waals surface area contributed by atoms with E-state index in [1.165, 1.54) is 6.26 Å². The maximum Gasteiger partial charge on any atom is 0.264 e. The lowest BCUT2D eigenvalue weighted by molar-refractivity contribution is -0.136. The molecule has 15 nitrogen and oxygen atoms in total. The number of rotatable bonds is 27. The highest BCUT2D eigenvalue weighted by Gasteiger charge is 2.45. The van der Waals surface area contributed by atoms with Crippen LogP contribution in [0.3, 0.4) is 0 Å². The van der Waals surface area contributed by atoms with Gasteiger partial charge in [0, 0.05) is 18.7 Å². The fourth-order valence-corrected chi connectivity index (χ4v) is 4.53. The Balaban J connectivity index is 1.11. The minimum atomic E-state index is -1.01. The monoisotopic (exact) mass is 651 g/mol. The van der Waals surface area contributed by atoms with Crippen molar-refractivity contribution in [3.63, 3.8) is 0 Å². The van der Waals surface area contributed by atoms with E-state index in [0.717, 1.165) is 4.90 Å². The van der Waals surface area contributed by atoms with Gasteiger partial charge in [-0.15, -0.1) is 0 Å². The molecule has 0 spiro atoms. The predicted molar refractivity (Wildman–Crippen MR) is 163 cm³/mol. The Labute approximate surface area is 268 Å². The Morgan fingerprint density at radius 1 is 0.717 bits per heavy atom. The number of hydrogen-bond acceptors (Lipinski definition) is 13. The minimum absolute atomic E-state index is 0.0685. The molecule has 0 aliphatic carbocycles. The molecular weight excluding hydrogens is 606 g/mol. The number of anilines is 1. The van der Waals surface area contributed by atoms with Crippen LogP contribution in [-0.2, 0) is 47.5 Å². The van der Waals surface area contributed by atoms with Gasteiger partial charge in [0.1, 0.15) is 12.6 Å². The van der Waals surface area contributed by atoms with Gasteiger partial charge in [0.05, 0.1) is 110 Å². The fraction of sp³-hybridized carbons (Fsp3) is 0.613. The maximum absolute atomic E-state index is 13.1. The van der Waals surface area contributed by atoms with E-state index in [9.17, 15) is 19.2 Å². The summed E-state index contributed by atoms with van der Waals surface area (Å²) in [7, 11) is 0. The number of ether oxygens (including phenoxy) is 8. The topological polar surface area (TPSA) is 169 Å². The summed E-state index contributed by atoms with van der Waals surface area (Å²) in [6.07, 6.45) is 1.56. The number of fused-ring (bicyclic) bond motifs is 1. The summed E-state index contributed by atoms with van der Waals surface area (Å²) in [6.45, 7) is 10.7. The molecule has 0 bridgehead atoms. The van der Waals surface area contributed by atoms with Crippen LogP contribution in [-0.4, -0.2) is 140 Å². The van der Waals surface area contributed by atoms with Crippen molar-refractivity contribution in [1.82, 2.24) is 10.2 Å². The van der Waals surface area contributed by atoms with Crippen LogP contribution in [0, 0.1) is 0 Å².